The van der Waals surface area contributed by atoms with E-state index in [-0.39, 0.29) is 22.8 Å². The van der Waals surface area contributed by atoms with Crippen LogP contribution in [0.15, 0.2) is 77.6 Å². The van der Waals surface area contributed by atoms with Crippen LogP contribution in [0.2, 0.25) is 0 Å². The van der Waals surface area contributed by atoms with E-state index < -0.39 is 22.2 Å². The third-order valence-electron chi connectivity index (χ3n) is 4.74. The van der Waals surface area contributed by atoms with Gasteiger partial charge in [-0.1, -0.05) is 36.4 Å². The Bertz CT molecular complexity index is 1430. The van der Waals surface area contributed by atoms with Crippen LogP contribution in [0.3, 0.4) is 0 Å². The number of fused-ring (bicyclic) bond motifs is 1. The zero-order chi connectivity index (χ0) is 22.9. The Hall–Kier alpha value is -4.27. The predicted octanol–water partition coefficient (Wildman–Crippen LogP) is 5.48. The van der Waals surface area contributed by atoms with Crippen molar-refractivity contribution in [2.75, 3.05) is 0 Å². The number of rotatable bonds is 4. The zero-order valence-electron chi connectivity index (χ0n) is 16.3. The van der Waals surface area contributed by atoms with Crippen LogP contribution < -0.4 is 5.56 Å². The van der Waals surface area contributed by atoms with Gasteiger partial charge in [0, 0.05) is 12.1 Å². The molecule has 0 bridgehead atoms. The largest absolute Gasteiger partial charge is 0.416 e. The molecule has 9 heteroatoms. The average Bonchev–Trinajstić information content (AvgIpc) is 2.77. The molecule has 0 N–H and O–H groups in total. The van der Waals surface area contributed by atoms with Crippen molar-refractivity contribution in [1.29, 1.82) is 0 Å². The molecule has 4 rings (SSSR count). The van der Waals surface area contributed by atoms with Crippen LogP contribution in [0.25, 0.3) is 28.7 Å². The Kier molecular flexibility index (Phi) is 5.31. The molecule has 0 spiro atoms. The van der Waals surface area contributed by atoms with E-state index in [4.69, 9.17) is 0 Å². The first kappa shape index (κ1) is 21.0. The number of aromatic nitrogens is 2. The fourth-order valence-corrected chi connectivity index (χ4v) is 3.25. The van der Waals surface area contributed by atoms with E-state index in [0.29, 0.717) is 10.9 Å². The quantitative estimate of drug-likeness (QED) is 0.313. The molecular weight excluding hydrogens is 423 g/mol. The smallest absolute Gasteiger partial charge is 0.268 e. The van der Waals surface area contributed by atoms with E-state index in [9.17, 15) is 28.1 Å². The van der Waals surface area contributed by atoms with Gasteiger partial charge >= 0.3 is 6.18 Å². The molecule has 0 atom stereocenters. The molecule has 3 aromatic carbocycles. The molecule has 0 saturated heterocycles. The molecule has 0 radical (unpaired) electrons. The number of para-hydroxylation sites is 1. The molecule has 4 aromatic rings. The molecule has 1 aromatic heterocycles. The molecule has 0 saturated carbocycles. The maximum atomic E-state index is 13.2. The van der Waals surface area contributed by atoms with Crippen LogP contribution in [-0.4, -0.2) is 14.5 Å². The molecule has 0 fully saturated rings. The first-order valence-electron chi connectivity index (χ1n) is 9.36. The highest BCUT2D eigenvalue weighted by Gasteiger charge is 2.30. The number of hydrogen-bond acceptors (Lipinski definition) is 4. The van der Waals surface area contributed by atoms with Gasteiger partial charge in [-0.2, -0.15) is 13.2 Å². The number of non-ortho nitro benzene ring substituents is 1. The summed E-state index contributed by atoms with van der Waals surface area (Å²) in [6.07, 6.45) is -1.68. The second-order valence-corrected chi connectivity index (χ2v) is 6.86. The summed E-state index contributed by atoms with van der Waals surface area (Å²) in [5.74, 6) is 0.117. The first-order chi connectivity index (χ1) is 15.2. The maximum Gasteiger partial charge on any atom is 0.416 e. The van der Waals surface area contributed by atoms with Crippen molar-refractivity contribution >= 4 is 28.7 Å². The van der Waals surface area contributed by atoms with Crippen molar-refractivity contribution in [3.05, 3.63) is 110 Å². The fourth-order valence-electron chi connectivity index (χ4n) is 3.25. The number of nitro benzene ring substituents is 1. The lowest BCUT2D eigenvalue weighted by Crippen LogP contribution is -2.22. The van der Waals surface area contributed by atoms with Gasteiger partial charge in [0.15, 0.2) is 0 Å². The van der Waals surface area contributed by atoms with Gasteiger partial charge < -0.3 is 0 Å². The van der Waals surface area contributed by atoms with Crippen molar-refractivity contribution in [2.45, 2.75) is 6.18 Å². The molecule has 32 heavy (non-hydrogen) atoms. The highest BCUT2D eigenvalue weighted by Crippen LogP contribution is 2.30. The molecule has 160 valence electrons. The second-order valence-electron chi connectivity index (χ2n) is 6.86. The predicted molar refractivity (Wildman–Crippen MR) is 114 cm³/mol. The summed E-state index contributed by atoms with van der Waals surface area (Å²) in [7, 11) is 0. The molecular formula is C23H14F3N3O3. The van der Waals surface area contributed by atoms with Crippen LogP contribution in [-0.2, 0) is 6.18 Å². The number of hydrogen-bond donors (Lipinski definition) is 0. The van der Waals surface area contributed by atoms with Crippen molar-refractivity contribution in [2.24, 2.45) is 0 Å². The summed E-state index contributed by atoms with van der Waals surface area (Å²) in [6.45, 7) is 0. The summed E-state index contributed by atoms with van der Waals surface area (Å²) in [6, 6.07) is 16.8. The van der Waals surface area contributed by atoms with E-state index in [0.717, 1.165) is 12.1 Å². The molecule has 6 nitrogen and oxygen atoms in total. The van der Waals surface area contributed by atoms with Gasteiger partial charge in [0.25, 0.3) is 11.2 Å². The van der Waals surface area contributed by atoms with Gasteiger partial charge in [0.2, 0.25) is 0 Å². The Balaban J connectivity index is 1.90. The van der Waals surface area contributed by atoms with Crippen LogP contribution in [0.4, 0.5) is 18.9 Å². The minimum atomic E-state index is -4.49. The minimum absolute atomic E-state index is 0.117. The Morgan fingerprint density at radius 2 is 1.69 bits per heavy atom. The van der Waals surface area contributed by atoms with E-state index in [2.05, 4.69) is 4.98 Å². The lowest BCUT2D eigenvalue weighted by atomic mass is 10.1. The number of halogens is 3. The van der Waals surface area contributed by atoms with Crippen molar-refractivity contribution < 1.29 is 18.1 Å². The Labute approximate surface area is 179 Å². The lowest BCUT2D eigenvalue weighted by molar-refractivity contribution is -0.384. The Morgan fingerprint density at radius 1 is 0.938 bits per heavy atom. The number of nitrogens with zero attached hydrogens (tertiary/aromatic N) is 3. The van der Waals surface area contributed by atoms with E-state index in [1.165, 1.54) is 53.1 Å². The second kappa shape index (κ2) is 8.10. The first-order valence-corrected chi connectivity index (χ1v) is 9.36. The van der Waals surface area contributed by atoms with Gasteiger partial charge in [0.1, 0.15) is 5.82 Å². The monoisotopic (exact) mass is 437 g/mol. The van der Waals surface area contributed by atoms with Gasteiger partial charge in [-0.3, -0.25) is 19.5 Å². The standard InChI is InChI=1S/C23H14F3N3O3/c24-23(25,26)16-6-3-5-15(13-16)11-12-21-27-20-10-2-1-9-19(20)22(30)28(21)17-7-4-8-18(14-17)29(31)32/h1-14H. The number of nitro groups is 1. The highest BCUT2D eigenvalue weighted by molar-refractivity contribution is 5.80. The third kappa shape index (κ3) is 4.13. The summed E-state index contributed by atoms with van der Waals surface area (Å²) in [5.41, 5.74) is -0.612. The van der Waals surface area contributed by atoms with Crippen LogP contribution in [0, 0.1) is 10.1 Å². The molecule has 1 heterocycles. The van der Waals surface area contributed by atoms with Crippen LogP contribution in [0.5, 0.6) is 0 Å². The van der Waals surface area contributed by atoms with E-state index >= 15 is 0 Å². The third-order valence-corrected chi connectivity index (χ3v) is 4.74. The van der Waals surface area contributed by atoms with Gasteiger partial charge in [-0.05, 0) is 42.0 Å². The van der Waals surface area contributed by atoms with Crippen molar-refractivity contribution in [1.82, 2.24) is 9.55 Å². The number of alkyl halides is 3. The molecule has 0 aliphatic carbocycles. The SMILES string of the molecule is O=c1c2ccccc2nc(C=Cc2cccc(C(F)(F)F)c2)n1-c1cccc([N+](=O)[O-])c1. The van der Waals surface area contributed by atoms with Gasteiger partial charge in [0.05, 0.1) is 27.1 Å². The van der Waals surface area contributed by atoms with Crippen molar-refractivity contribution in [3.63, 3.8) is 0 Å². The zero-order valence-corrected chi connectivity index (χ0v) is 16.3. The lowest BCUT2D eigenvalue weighted by Gasteiger charge is -2.11. The van der Waals surface area contributed by atoms with Crippen molar-refractivity contribution in [3.8, 4) is 5.69 Å². The van der Waals surface area contributed by atoms with Crippen LogP contribution >= 0.6 is 0 Å². The molecule has 0 aliphatic heterocycles. The summed E-state index contributed by atoms with van der Waals surface area (Å²) in [4.78, 5) is 28.3. The van der Waals surface area contributed by atoms with Gasteiger partial charge in [-0.25, -0.2) is 4.98 Å². The molecule has 0 aliphatic rings. The highest BCUT2D eigenvalue weighted by atomic mass is 19.4. The maximum absolute atomic E-state index is 13.2. The topological polar surface area (TPSA) is 78.0 Å². The number of benzene rings is 3. The minimum Gasteiger partial charge on any atom is -0.268 e. The average molecular weight is 437 g/mol. The molecule has 0 amide bonds. The van der Waals surface area contributed by atoms with E-state index in [1.54, 1.807) is 24.3 Å². The van der Waals surface area contributed by atoms with E-state index in [1.807, 2.05) is 0 Å². The van der Waals surface area contributed by atoms with Crippen LogP contribution in [0.1, 0.15) is 17.0 Å². The fraction of sp³-hybridized carbons (Fsp3) is 0.0435. The normalized spacial score (nSPS) is 11.8. The molecule has 0 unspecified atom stereocenters. The van der Waals surface area contributed by atoms with Gasteiger partial charge in [-0.15, -0.1) is 0 Å². The summed E-state index contributed by atoms with van der Waals surface area (Å²) in [5, 5.41) is 11.5. The summed E-state index contributed by atoms with van der Waals surface area (Å²) < 4.78 is 40.2. The Morgan fingerprint density at radius 3 is 2.44 bits per heavy atom. The summed E-state index contributed by atoms with van der Waals surface area (Å²) >= 11 is 0.